The number of nitrogens with one attached hydrogen (secondary N) is 1. The quantitative estimate of drug-likeness (QED) is 0.774. The molecule has 3 rings (SSSR count). The number of rotatable bonds is 3. The zero-order chi connectivity index (χ0) is 16.4. The normalized spacial score (nSPS) is 10.3. The number of hydrogen-bond donors (Lipinski definition) is 2. The van der Waals surface area contributed by atoms with E-state index in [2.05, 4.69) is 16.4 Å². The highest BCUT2D eigenvalue weighted by Gasteiger charge is 2.13. The SMILES string of the molecule is CN(C)c1ccc(Nc2c(C#N)c(N)nc3ccccc23)cc1. The topological polar surface area (TPSA) is 78.0 Å². The Morgan fingerprint density at radius 2 is 1.78 bits per heavy atom. The highest BCUT2D eigenvalue weighted by atomic mass is 15.1. The largest absolute Gasteiger partial charge is 0.383 e. The van der Waals surface area contributed by atoms with Crippen molar-refractivity contribution in [3.05, 3.63) is 54.1 Å². The first-order valence-corrected chi connectivity index (χ1v) is 7.23. The van der Waals surface area contributed by atoms with Gasteiger partial charge in [0.05, 0.1) is 11.2 Å². The van der Waals surface area contributed by atoms with E-state index >= 15 is 0 Å². The third-order valence-corrected chi connectivity index (χ3v) is 3.69. The number of nitriles is 1. The summed E-state index contributed by atoms with van der Waals surface area (Å²) in [6.07, 6.45) is 0. The van der Waals surface area contributed by atoms with Gasteiger partial charge >= 0.3 is 0 Å². The van der Waals surface area contributed by atoms with Crippen LogP contribution >= 0.6 is 0 Å². The molecule has 23 heavy (non-hydrogen) atoms. The van der Waals surface area contributed by atoms with Crippen molar-refractivity contribution >= 4 is 33.8 Å². The van der Waals surface area contributed by atoms with Gasteiger partial charge in [0.2, 0.25) is 0 Å². The average Bonchev–Trinajstić information content (AvgIpc) is 2.55. The fourth-order valence-electron chi connectivity index (χ4n) is 2.46. The van der Waals surface area contributed by atoms with Crippen LogP contribution in [0.25, 0.3) is 10.9 Å². The number of nitrogen functional groups attached to an aromatic ring is 1. The minimum absolute atomic E-state index is 0.235. The molecule has 0 aliphatic carbocycles. The molecule has 0 atom stereocenters. The van der Waals surface area contributed by atoms with E-state index in [9.17, 15) is 5.26 Å². The predicted molar refractivity (Wildman–Crippen MR) is 94.9 cm³/mol. The van der Waals surface area contributed by atoms with Gasteiger partial charge in [0, 0.05) is 30.9 Å². The van der Waals surface area contributed by atoms with Gasteiger partial charge in [0.15, 0.2) is 0 Å². The Labute approximate surface area is 135 Å². The van der Waals surface area contributed by atoms with Crippen molar-refractivity contribution in [1.82, 2.24) is 4.98 Å². The summed E-state index contributed by atoms with van der Waals surface area (Å²) in [7, 11) is 3.99. The molecule has 1 heterocycles. The molecule has 0 saturated carbocycles. The van der Waals surface area contributed by atoms with Crippen molar-refractivity contribution in [1.29, 1.82) is 5.26 Å². The average molecular weight is 303 g/mol. The van der Waals surface area contributed by atoms with Gasteiger partial charge in [-0.25, -0.2) is 4.98 Å². The van der Waals surface area contributed by atoms with Crippen molar-refractivity contribution in [2.24, 2.45) is 0 Å². The number of nitrogens with two attached hydrogens (primary N) is 1. The lowest BCUT2D eigenvalue weighted by Gasteiger charge is -2.15. The van der Waals surface area contributed by atoms with E-state index in [0.29, 0.717) is 11.3 Å². The van der Waals surface area contributed by atoms with E-state index < -0.39 is 0 Å². The molecule has 0 bridgehead atoms. The van der Waals surface area contributed by atoms with Gasteiger partial charge < -0.3 is 16.0 Å². The standard InChI is InChI=1S/C18H17N5/c1-23(2)13-9-7-12(8-10-13)21-17-14-5-3-4-6-16(14)22-18(20)15(17)11-19/h3-10H,1-2H3,(H3,20,21,22). The van der Waals surface area contributed by atoms with E-state index in [1.807, 2.05) is 67.5 Å². The van der Waals surface area contributed by atoms with Crippen molar-refractivity contribution in [2.45, 2.75) is 0 Å². The molecule has 0 radical (unpaired) electrons. The highest BCUT2D eigenvalue weighted by molar-refractivity contribution is 5.98. The van der Waals surface area contributed by atoms with Gasteiger partial charge in [-0.1, -0.05) is 18.2 Å². The molecule has 0 amide bonds. The first kappa shape index (κ1) is 14.7. The summed E-state index contributed by atoms with van der Waals surface area (Å²) in [5.41, 5.74) is 9.74. The van der Waals surface area contributed by atoms with Crippen LogP contribution in [0.3, 0.4) is 0 Å². The van der Waals surface area contributed by atoms with E-state index in [1.54, 1.807) is 0 Å². The van der Waals surface area contributed by atoms with E-state index in [-0.39, 0.29) is 5.82 Å². The lowest BCUT2D eigenvalue weighted by molar-refractivity contribution is 1.13. The van der Waals surface area contributed by atoms with Crippen molar-refractivity contribution < 1.29 is 0 Å². The molecule has 0 aliphatic rings. The molecular weight excluding hydrogens is 286 g/mol. The van der Waals surface area contributed by atoms with Crippen LogP contribution in [0.4, 0.5) is 22.9 Å². The number of pyridine rings is 1. The molecule has 114 valence electrons. The first-order chi connectivity index (χ1) is 11.1. The molecule has 0 spiro atoms. The summed E-state index contributed by atoms with van der Waals surface area (Å²) in [6, 6.07) is 17.8. The van der Waals surface area contributed by atoms with Gasteiger partial charge in [-0.2, -0.15) is 5.26 Å². The summed E-state index contributed by atoms with van der Waals surface area (Å²) < 4.78 is 0. The minimum atomic E-state index is 0.235. The maximum Gasteiger partial charge on any atom is 0.144 e. The molecule has 5 nitrogen and oxygen atoms in total. The predicted octanol–water partition coefficient (Wildman–Crippen LogP) is 3.50. The van der Waals surface area contributed by atoms with Crippen LogP contribution in [0, 0.1) is 11.3 Å². The second-order valence-electron chi connectivity index (χ2n) is 5.44. The van der Waals surface area contributed by atoms with Crippen molar-refractivity contribution in [3.63, 3.8) is 0 Å². The number of fused-ring (bicyclic) bond motifs is 1. The van der Waals surface area contributed by atoms with Gasteiger partial charge in [-0.3, -0.25) is 0 Å². The van der Waals surface area contributed by atoms with Gasteiger partial charge in [-0.15, -0.1) is 0 Å². The molecular formula is C18H17N5. The first-order valence-electron chi connectivity index (χ1n) is 7.23. The van der Waals surface area contributed by atoms with E-state index in [1.165, 1.54) is 0 Å². The molecule has 1 aromatic heterocycles. The Bertz CT molecular complexity index is 892. The molecule has 0 fully saturated rings. The smallest absolute Gasteiger partial charge is 0.144 e. The zero-order valence-corrected chi connectivity index (χ0v) is 13.0. The number of aromatic nitrogens is 1. The third kappa shape index (κ3) is 2.74. The molecule has 5 heteroatoms. The molecule has 0 saturated heterocycles. The molecule has 2 aromatic carbocycles. The Kier molecular flexibility index (Phi) is 3.73. The summed E-state index contributed by atoms with van der Waals surface area (Å²) in [6.45, 7) is 0. The van der Waals surface area contributed by atoms with Crippen LogP contribution in [-0.4, -0.2) is 19.1 Å². The number of anilines is 4. The Hall–Kier alpha value is -3.26. The minimum Gasteiger partial charge on any atom is -0.383 e. The maximum absolute atomic E-state index is 9.44. The van der Waals surface area contributed by atoms with Crippen molar-refractivity contribution in [3.8, 4) is 6.07 Å². The fraction of sp³-hybridized carbons (Fsp3) is 0.111. The summed E-state index contributed by atoms with van der Waals surface area (Å²) in [5.74, 6) is 0.235. The second kappa shape index (κ2) is 5.85. The van der Waals surface area contributed by atoms with Gasteiger partial charge in [0.1, 0.15) is 17.5 Å². The van der Waals surface area contributed by atoms with E-state index in [0.717, 1.165) is 22.3 Å². The Morgan fingerprint density at radius 1 is 1.09 bits per heavy atom. The van der Waals surface area contributed by atoms with Gasteiger partial charge in [-0.05, 0) is 30.3 Å². The van der Waals surface area contributed by atoms with Crippen LogP contribution in [-0.2, 0) is 0 Å². The van der Waals surface area contributed by atoms with Crippen molar-refractivity contribution in [2.75, 3.05) is 30.0 Å². The fourth-order valence-corrected chi connectivity index (χ4v) is 2.46. The monoisotopic (exact) mass is 303 g/mol. The Morgan fingerprint density at radius 3 is 2.43 bits per heavy atom. The number of nitrogens with zero attached hydrogens (tertiary/aromatic N) is 3. The number of para-hydroxylation sites is 1. The molecule has 0 unspecified atom stereocenters. The van der Waals surface area contributed by atoms with Crippen LogP contribution < -0.4 is 16.0 Å². The highest BCUT2D eigenvalue weighted by Crippen LogP contribution is 2.32. The van der Waals surface area contributed by atoms with E-state index in [4.69, 9.17) is 5.73 Å². The van der Waals surface area contributed by atoms with Crippen LogP contribution in [0.15, 0.2) is 48.5 Å². The maximum atomic E-state index is 9.44. The molecule has 3 N–H and O–H groups in total. The number of hydrogen-bond acceptors (Lipinski definition) is 5. The molecule has 3 aromatic rings. The van der Waals surface area contributed by atoms with Gasteiger partial charge in [0.25, 0.3) is 0 Å². The Balaban J connectivity index is 2.10. The third-order valence-electron chi connectivity index (χ3n) is 3.69. The zero-order valence-electron chi connectivity index (χ0n) is 13.0. The summed E-state index contributed by atoms with van der Waals surface area (Å²) in [5, 5.41) is 13.6. The molecule has 0 aliphatic heterocycles. The summed E-state index contributed by atoms with van der Waals surface area (Å²) in [4.78, 5) is 6.33. The summed E-state index contributed by atoms with van der Waals surface area (Å²) >= 11 is 0. The van der Waals surface area contributed by atoms with Crippen LogP contribution in [0.2, 0.25) is 0 Å². The number of benzene rings is 2. The van der Waals surface area contributed by atoms with Crippen LogP contribution in [0.1, 0.15) is 5.56 Å². The lowest BCUT2D eigenvalue weighted by Crippen LogP contribution is -2.08. The lowest BCUT2D eigenvalue weighted by atomic mass is 10.1. The second-order valence-corrected chi connectivity index (χ2v) is 5.44. The van der Waals surface area contributed by atoms with Crippen LogP contribution in [0.5, 0.6) is 0 Å².